The lowest BCUT2D eigenvalue weighted by molar-refractivity contribution is -0.118. The lowest BCUT2D eigenvalue weighted by Gasteiger charge is -2.04. The molecule has 1 aromatic rings. The Bertz CT molecular complexity index is 380. The van der Waals surface area contributed by atoms with Gasteiger partial charge in [-0.2, -0.15) is 0 Å². The molecule has 0 heterocycles. The van der Waals surface area contributed by atoms with Gasteiger partial charge in [-0.15, -0.1) is 6.58 Å². The van der Waals surface area contributed by atoms with E-state index >= 15 is 0 Å². The molecular formula is C14H18O2. The Hall–Kier alpha value is -1.57. The van der Waals surface area contributed by atoms with Gasteiger partial charge in [0.05, 0.1) is 7.11 Å². The van der Waals surface area contributed by atoms with E-state index in [1.54, 1.807) is 7.11 Å². The third kappa shape index (κ3) is 4.30. The van der Waals surface area contributed by atoms with Crippen molar-refractivity contribution in [1.82, 2.24) is 0 Å². The van der Waals surface area contributed by atoms with Crippen molar-refractivity contribution >= 4 is 5.78 Å². The lowest BCUT2D eigenvalue weighted by atomic mass is 10.0. The Balaban J connectivity index is 2.52. The SMILES string of the molecule is C=C(C)CCC(=O)Cc1cccc(OC)c1. The maximum atomic E-state index is 11.6. The van der Waals surface area contributed by atoms with Crippen molar-refractivity contribution in [1.29, 1.82) is 0 Å². The number of methoxy groups -OCH3 is 1. The first-order valence-electron chi connectivity index (χ1n) is 5.41. The molecule has 16 heavy (non-hydrogen) atoms. The van der Waals surface area contributed by atoms with E-state index in [0.29, 0.717) is 12.8 Å². The number of Topliss-reactive ketones (excluding diaryl/α,β-unsaturated/α-hetero) is 1. The molecular weight excluding hydrogens is 200 g/mol. The van der Waals surface area contributed by atoms with Gasteiger partial charge in [-0.05, 0) is 31.0 Å². The number of allylic oxidation sites excluding steroid dienone is 1. The number of ether oxygens (including phenoxy) is 1. The summed E-state index contributed by atoms with van der Waals surface area (Å²) >= 11 is 0. The molecule has 0 saturated carbocycles. The minimum Gasteiger partial charge on any atom is -0.497 e. The molecule has 86 valence electrons. The van der Waals surface area contributed by atoms with Crippen LogP contribution in [0.2, 0.25) is 0 Å². The van der Waals surface area contributed by atoms with Crippen molar-refractivity contribution in [3.63, 3.8) is 0 Å². The number of benzene rings is 1. The van der Waals surface area contributed by atoms with Crippen LogP contribution >= 0.6 is 0 Å². The summed E-state index contributed by atoms with van der Waals surface area (Å²) in [4.78, 5) is 11.6. The second-order valence-electron chi connectivity index (χ2n) is 4.02. The van der Waals surface area contributed by atoms with Crippen LogP contribution in [0.4, 0.5) is 0 Å². The fourth-order valence-corrected chi connectivity index (χ4v) is 1.45. The molecule has 0 amide bonds. The first kappa shape index (κ1) is 12.5. The topological polar surface area (TPSA) is 26.3 Å². The summed E-state index contributed by atoms with van der Waals surface area (Å²) in [5.41, 5.74) is 2.06. The van der Waals surface area contributed by atoms with Gasteiger partial charge in [0, 0.05) is 12.8 Å². The van der Waals surface area contributed by atoms with Gasteiger partial charge in [0.25, 0.3) is 0 Å². The van der Waals surface area contributed by atoms with Gasteiger partial charge in [0.2, 0.25) is 0 Å². The molecule has 0 saturated heterocycles. The Kier molecular flexibility index (Phi) is 4.77. The van der Waals surface area contributed by atoms with Crippen LogP contribution in [0.15, 0.2) is 36.4 Å². The number of ketones is 1. The Morgan fingerprint density at radius 1 is 1.38 bits per heavy atom. The largest absolute Gasteiger partial charge is 0.497 e. The fraction of sp³-hybridized carbons (Fsp3) is 0.357. The third-order valence-corrected chi connectivity index (χ3v) is 2.37. The molecule has 0 bridgehead atoms. The van der Waals surface area contributed by atoms with Crippen molar-refractivity contribution < 1.29 is 9.53 Å². The zero-order chi connectivity index (χ0) is 12.0. The Labute approximate surface area is 96.9 Å². The summed E-state index contributed by atoms with van der Waals surface area (Å²) in [6.45, 7) is 5.73. The monoisotopic (exact) mass is 218 g/mol. The van der Waals surface area contributed by atoms with Gasteiger partial charge in [0.15, 0.2) is 0 Å². The molecule has 1 rings (SSSR count). The number of carbonyl (C=O) groups excluding carboxylic acids is 1. The average molecular weight is 218 g/mol. The molecule has 0 aromatic heterocycles. The Morgan fingerprint density at radius 3 is 2.75 bits per heavy atom. The lowest BCUT2D eigenvalue weighted by Crippen LogP contribution is -2.02. The van der Waals surface area contributed by atoms with Gasteiger partial charge in [-0.3, -0.25) is 4.79 Å². The zero-order valence-corrected chi connectivity index (χ0v) is 9.95. The first-order valence-corrected chi connectivity index (χ1v) is 5.41. The molecule has 0 N–H and O–H groups in total. The van der Waals surface area contributed by atoms with E-state index in [9.17, 15) is 4.79 Å². The van der Waals surface area contributed by atoms with Crippen LogP contribution in [-0.4, -0.2) is 12.9 Å². The van der Waals surface area contributed by atoms with Crippen LogP contribution in [0.25, 0.3) is 0 Å². The van der Waals surface area contributed by atoms with Crippen molar-refractivity contribution in [2.24, 2.45) is 0 Å². The van der Waals surface area contributed by atoms with Crippen LogP contribution in [0.1, 0.15) is 25.3 Å². The van der Waals surface area contributed by atoms with Gasteiger partial charge in [0.1, 0.15) is 11.5 Å². The van der Waals surface area contributed by atoms with E-state index < -0.39 is 0 Å². The van der Waals surface area contributed by atoms with Gasteiger partial charge < -0.3 is 4.74 Å². The highest BCUT2D eigenvalue weighted by molar-refractivity contribution is 5.81. The molecule has 0 spiro atoms. The van der Waals surface area contributed by atoms with Crippen LogP contribution < -0.4 is 4.74 Å². The molecule has 0 radical (unpaired) electrons. The van der Waals surface area contributed by atoms with Gasteiger partial charge in [-0.1, -0.05) is 17.7 Å². The summed E-state index contributed by atoms with van der Waals surface area (Å²) in [6.07, 6.45) is 1.83. The number of carbonyl (C=O) groups is 1. The minimum atomic E-state index is 0.247. The van der Waals surface area contributed by atoms with Crippen LogP contribution in [-0.2, 0) is 11.2 Å². The maximum absolute atomic E-state index is 11.6. The summed E-state index contributed by atoms with van der Waals surface area (Å²) in [6, 6.07) is 7.63. The second-order valence-corrected chi connectivity index (χ2v) is 4.02. The molecule has 0 aliphatic rings. The predicted octanol–water partition coefficient (Wildman–Crippen LogP) is 3.16. The first-order chi connectivity index (χ1) is 7.61. The quantitative estimate of drug-likeness (QED) is 0.685. The Morgan fingerprint density at radius 2 is 2.12 bits per heavy atom. The van der Waals surface area contributed by atoms with E-state index in [-0.39, 0.29) is 5.78 Å². The van der Waals surface area contributed by atoms with Crippen LogP contribution in [0.3, 0.4) is 0 Å². The minimum absolute atomic E-state index is 0.247. The summed E-state index contributed by atoms with van der Waals surface area (Å²) in [5, 5.41) is 0. The van der Waals surface area contributed by atoms with Crippen LogP contribution in [0, 0.1) is 0 Å². The molecule has 0 aliphatic heterocycles. The number of hydrogen-bond acceptors (Lipinski definition) is 2. The van der Waals surface area contributed by atoms with Gasteiger partial charge in [-0.25, -0.2) is 0 Å². The molecule has 2 heteroatoms. The van der Waals surface area contributed by atoms with E-state index in [0.717, 1.165) is 23.3 Å². The zero-order valence-electron chi connectivity index (χ0n) is 9.95. The van der Waals surface area contributed by atoms with Crippen molar-refractivity contribution in [3.8, 4) is 5.75 Å². The van der Waals surface area contributed by atoms with Gasteiger partial charge >= 0.3 is 0 Å². The van der Waals surface area contributed by atoms with Crippen LogP contribution in [0.5, 0.6) is 5.75 Å². The smallest absolute Gasteiger partial charge is 0.137 e. The van der Waals surface area contributed by atoms with E-state index in [1.807, 2.05) is 31.2 Å². The van der Waals surface area contributed by atoms with E-state index in [2.05, 4.69) is 6.58 Å². The summed E-state index contributed by atoms with van der Waals surface area (Å²) < 4.78 is 5.11. The maximum Gasteiger partial charge on any atom is 0.137 e. The average Bonchev–Trinajstić information content (AvgIpc) is 2.26. The molecule has 0 atom stereocenters. The molecule has 0 fully saturated rings. The molecule has 0 aliphatic carbocycles. The predicted molar refractivity (Wildman–Crippen MR) is 65.8 cm³/mol. The molecule has 0 unspecified atom stereocenters. The number of hydrogen-bond donors (Lipinski definition) is 0. The fourth-order valence-electron chi connectivity index (χ4n) is 1.45. The highest BCUT2D eigenvalue weighted by Gasteiger charge is 2.04. The molecule has 1 aromatic carbocycles. The highest BCUT2D eigenvalue weighted by Crippen LogP contribution is 2.14. The third-order valence-electron chi connectivity index (χ3n) is 2.37. The van der Waals surface area contributed by atoms with Crippen molar-refractivity contribution in [2.45, 2.75) is 26.2 Å². The second kappa shape index (κ2) is 6.11. The number of rotatable bonds is 6. The van der Waals surface area contributed by atoms with E-state index in [1.165, 1.54) is 0 Å². The summed E-state index contributed by atoms with van der Waals surface area (Å²) in [5.74, 6) is 1.04. The molecule has 2 nitrogen and oxygen atoms in total. The van der Waals surface area contributed by atoms with Crippen molar-refractivity contribution in [2.75, 3.05) is 7.11 Å². The summed E-state index contributed by atoms with van der Waals surface area (Å²) in [7, 11) is 1.63. The standard InChI is InChI=1S/C14H18O2/c1-11(2)7-8-13(15)9-12-5-4-6-14(10-12)16-3/h4-6,10H,1,7-9H2,2-3H3. The van der Waals surface area contributed by atoms with Crippen molar-refractivity contribution in [3.05, 3.63) is 42.0 Å². The van der Waals surface area contributed by atoms with E-state index in [4.69, 9.17) is 4.74 Å². The highest BCUT2D eigenvalue weighted by atomic mass is 16.5. The normalized spacial score (nSPS) is 9.88.